The Morgan fingerprint density at radius 3 is 2.59 bits per heavy atom. The van der Waals surface area contributed by atoms with Gasteiger partial charge in [0.1, 0.15) is 12.4 Å². The first-order valence-electron chi connectivity index (χ1n) is 9.69. The molecule has 0 bridgehead atoms. The fraction of sp³-hybridized carbons (Fsp3) is 0.304. The van der Waals surface area contributed by atoms with Crippen LogP contribution in [0.1, 0.15) is 16.9 Å². The lowest BCUT2D eigenvalue weighted by atomic mass is 10.1. The standard InChI is InChI=1S/C23H25NO5/c25-20(15-26-16-21-7-4-10-27-21)14-24(12-18-5-2-1-3-6-18)13-19-8-9-22-23(11-19)29-17-28-22/h1-11,20,25H,12-17H2/t20-/m0/s1. The van der Waals surface area contributed by atoms with Gasteiger partial charge in [-0.1, -0.05) is 36.4 Å². The number of fused-ring (bicyclic) bond motifs is 1. The second-order valence-corrected chi connectivity index (χ2v) is 7.09. The van der Waals surface area contributed by atoms with E-state index >= 15 is 0 Å². The summed E-state index contributed by atoms with van der Waals surface area (Å²) < 4.78 is 21.7. The summed E-state index contributed by atoms with van der Waals surface area (Å²) in [4.78, 5) is 2.20. The van der Waals surface area contributed by atoms with E-state index in [1.807, 2.05) is 48.5 Å². The molecule has 0 aliphatic carbocycles. The van der Waals surface area contributed by atoms with Crippen LogP contribution in [0.4, 0.5) is 0 Å². The summed E-state index contributed by atoms with van der Waals surface area (Å²) >= 11 is 0. The van der Waals surface area contributed by atoms with Crippen LogP contribution in [-0.2, 0) is 24.4 Å². The molecular weight excluding hydrogens is 370 g/mol. The largest absolute Gasteiger partial charge is 0.467 e. The summed E-state index contributed by atoms with van der Waals surface area (Å²) in [6, 6.07) is 19.9. The molecule has 1 N–H and O–H groups in total. The zero-order chi connectivity index (χ0) is 19.9. The number of hydrogen-bond donors (Lipinski definition) is 1. The third-order valence-corrected chi connectivity index (χ3v) is 4.70. The van der Waals surface area contributed by atoms with Crippen molar-refractivity contribution in [3.63, 3.8) is 0 Å². The third-order valence-electron chi connectivity index (χ3n) is 4.70. The third kappa shape index (κ3) is 5.60. The highest BCUT2D eigenvalue weighted by Crippen LogP contribution is 2.32. The fourth-order valence-electron chi connectivity index (χ4n) is 3.37. The maximum atomic E-state index is 10.5. The van der Waals surface area contributed by atoms with Crippen LogP contribution in [0, 0.1) is 0 Å². The van der Waals surface area contributed by atoms with Crippen molar-refractivity contribution < 1.29 is 23.7 Å². The quantitative estimate of drug-likeness (QED) is 0.566. The summed E-state index contributed by atoms with van der Waals surface area (Å²) in [7, 11) is 0. The molecule has 0 saturated heterocycles. The Hall–Kier alpha value is -2.80. The number of aliphatic hydroxyl groups excluding tert-OH is 1. The van der Waals surface area contributed by atoms with Crippen molar-refractivity contribution in [2.75, 3.05) is 19.9 Å². The van der Waals surface area contributed by atoms with Gasteiger partial charge in [0.2, 0.25) is 6.79 Å². The minimum atomic E-state index is -0.609. The number of ether oxygens (including phenoxy) is 3. The van der Waals surface area contributed by atoms with Crippen LogP contribution in [-0.4, -0.2) is 36.1 Å². The Balaban J connectivity index is 1.37. The SMILES string of the molecule is O[C@H](COCc1ccco1)CN(Cc1ccccc1)Cc1ccc2c(c1)OCO2. The zero-order valence-corrected chi connectivity index (χ0v) is 16.2. The summed E-state index contributed by atoms with van der Waals surface area (Å²) in [6.45, 7) is 2.75. The van der Waals surface area contributed by atoms with E-state index in [2.05, 4.69) is 17.0 Å². The van der Waals surface area contributed by atoms with Crippen molar-refractivity contribution in [3.05, 3.63) is 83.8 Å². The van der Waals surface area contributed by atoms with Gasteiger partial charge < -0.3 is 23.7 Å². The van der Waals surface area contributed by atoms with Crippen molar-refractivity contribution in [1.82, 2.24) is 4.90 Å². The van der Waals surface area contributed by atoms with E-state index in [-0.39, 0.29) is 13.4 Å². The number of hydrogen-bond acceptors (Lipinski definition) is 6. The van der Waals surface area contributed by atoms with Crippen LogP contribution in [0.2, 0.25) is 0 Å². The average Bonchev–Trinajstić information content (AvgIpc) is 3.40. The summed E-state index contributed by atoms with van der Waals surface area (Å²) in [6.07, 6.45) is 1.00. The predicted molar refractivity (Wildman–Crippen MR) is 107 cm³/mol. The van der Waals surface area contributed by atoms with E-state index in [0.29, 0.717) is 19.7 Å². The first-order chi connectivity index (χ1) is 14.3. The van der Waals surface area contributed by atoms with E-state index in [1.54, 1.807) is 6.26 Å². The van der Waals surface area contributed by atoms with Crippen molar-refractivity contribution in [1.29, 1.82) is 0 Å². The molecule has 6 heteroatoms. The van der Waals surface area contributed by atoms with Crippen LogP contribution in [0.5, 0.6) is 11.5 Å². The Morgan fingerprint density at radius 1 is 0.931 bits per heavy atom. The molecule has 2 aromatic carbocycles. The van der Waals surface area contributed by atoms with Gasteiger partial charge in [-0.25, -0.2) is 0 Å². The molecule has 1 aliphatic heterocycles. The van der Waals surface area contributed by atoms with Gasteiger partial charge in [-0.15, -0.1) is 0 Å². The molecule has 152 valence electrons. The summed E-state index contributed by atoms with van der Waals surface area (Å²) in [5.74, 6) is 2.29. The molecule has 4 rings (SSSR count). The summed E-state index contributed by atoms with van der Waals surface area (Å²) in [5.41, 5.74) is 2.30. The van der Waals surface area contributed by atoms with Gasteiger partial charge in [-0.3, -0.25) is 4.90 Å². The Morgan fingerprint density at radius 2 is 1.76 bits per heavy atom. The van der Waals surface area contributed by atoms with E-state index < -0.39 is 6.10 Å². The van der Waals surface area contributed by atoms with Gasteiger partial charge in [-0.05, 0) is 35.4 Å². The second-order valence-electron chi connectivity index (χ2n) is 7.09. The predicted octanol–water partition coefficient (Wildman–Crippen LogP) is 3.59. The van der Waals surface area contributed by atoms with Crippen LogP contribution in [0.25, 0.3) is 0 Å². The smallest absolute Gasteiger partial charge is 0.231 e. The molecule has 1 atom stereocenters. The van der Waals surface area contributed by atoms with Crippen LogP contribution in [0.15, 0.2) is 71.3 Å². The van der Waals surface area contributed by atoms with Crippen LogP contribution < -0.4 is 9.47 Å². The maximum absolute atomic E-state index is 10.5. The molecule has 6 nitrogen and oxygen atoms in total. The summed E-state index contributed by atoms with van der Waals surface area (Å²) in [5, 5.41) is 10.5. The molecule has 1 aromatic heterocycles. The van der Waals surface area contributed by atoms with Crippen LogP contribution >= 0.6 is 0 Å². The highest BCUT2D eigenvalue weighted by molar-refractivity contribution is 5.44. The van der Waals surface area contributed by atoms with Gasteiger partial charge in [0.15, 0.2) is 11.5 Å². The lowest BCUT2D eigenvalue weighted by molar-refractivity contribution is 0.00253. The lowest BCUT2D eigenvalue weighted by Crippen LogP contribution is -2.34. The molecule has 0 radical (unpaired) electrons. The molecule has 29 heavy (non-hydrogen) atoms. The molecule has 0 fully saturated rings. The Kier molecular flexibility index (Phi) is 6.46. The minimum absolute atomic E-state index is 0.243. The first-order valence-corrected chi connectivity index (χ1v) is 9.69. The molecule has 1 aliphatic rings. The highest BCUT2D eigenvalue weighted by atomic mass is 16.7. The van der Waals surface area contributed by atoms with Crippen molar-refractivity contribution in [2.45, 2.75) is 25.8 Å². The van der Waals surface area contributed by atoms with Gasteiger partial charge >= 0.3 is 0 Å². The number of rotatable bonds is 10. The van der Waals surface area contributed by atoms with E-state index in [4.69, 9.17) is 18.6 Å². The molecule has 3 aromatic rings. The Bertz CT molecular complexity index is 882. The number of nitrogens with zero attached hydrogens (tertiary/aromatic N) is 1. The molecule has 0 spiro atoms. The van der Waals surface area contributed by atoms with Gasteiger partial charge in [0.25, 0.3) is 0 Å². The highest BCUT2D eigenvalue weighted by Gasteiger charge is 2.17. The van der Waals surface area contributed by atoms with Crippen molar-refractivity contribution in [2.24, 2.45) is 0 Å². The normalized spacial score (nSPS) is 13.7. The molecule has 0 amide bonds. The topological polar surface area (TPSA) is 64.3 Å². The van der Waals surface area contributed by atoms with Gasteiger partial charge in [0, 0.05) is 19.6 Å². The second kappa shape index (κ2) is 9.60. The minimum Gasteiger partial charge on any atom is -0.467 e. The van der Waals surface area contributed by atoms with Gasteiger partial charge in [0.05, 0.1) is 19.0 Å². The molecule has 0 unspecified atom stereocenters. The first kappa shape index (κ1) is 19.5. The number of benzene rings is 2. The van der Waals surface area contributed by atoms with E-state index in [1.165, 1.54) is 5.56 Å². The van der Waals surface area contributed by atoms with Crippen molar-refractivity contribution in [3.8, 4) is 11.5 Å². The van der Waals surface area contributed by atoms with Gasteiger partial charge in [-0.2, -0.15) is 0 Å². The van der Waals surface area contributed by atoms with Crippen LogP contribution in [0.3, 0.4) is 0 Å². The monoisotopic (exact) mass is 395 g/mol. The fourth-order valence-corrected chi connectivity index (χ4v) is 3.37. The molecule has 2 heterocycles. The Labute approximate surface area is 170 Å². The number of aliphatic hydroxyl groups is 1. The van der Waals surface area contributed by atoms with Crippen molar-refractivity contribution >= 4 is 0 Å². The molecular formula is C23H25NO5. The molecule has 0 saturated carbocycles. The average molecular weight is 395 g/mol. The maximum Gasteiger partial charge on any atom is 0.231 e. The van der Waals surface area contributed by atoms with E-state index in [9.17, 15) is 5.11 Å². The number of furan rings is 1. The zero-order valence-electron chi connectivity index (χ0n) is 16.2. The lowest BCUT2D eigenvalue weighted by Gasteiger charge is -2.25. The van der Waals surface area contributed by atoms with E-state index in [0.717, 1.165) is 29.4 Å².